The van der Waals surface area contributed by atoms with Crippen LogP contribution in [0.2, 0.25) is 0 Å². The van der Waals surface area contributed by atoms with Crippen LogP contribution in [0, 0.1) is 5.92 Å². The lowest BCUT2D eigenvalue weighted by Gasteiger charge is -2.38. The number of hydrogen-bond donors (Lipinski definition) is 2. The van der Waals surface area contributed by atoms with Crippen molar-refractivity contribution in [3.05, 3.63) is 18.2 Å². The molecule has 1 aliphatic heterocycles. The second-order valence-corrected chi connectivity index (χ2v) is 6.98. The van der Waals surface area contributed by atoms with E-state index in [1.165, 1.54) is 12.5 Å². The van der Waals surface area contributed by atoms with Crippen molar-refractivity contribution in [1.29, 1.82) is 0 Å². The Morgan fingerprint density at radius 2 is 1.95 bits per heavy atom. The van der Waals surface area contributed by atoms with Gasteiger partial charge in [-0.3, -0.25) is 0 Å². The van der Waals surface area contributed by atoms with Gasteiger partial charge < -0.3 is 10.6 Å². The van der Waals surface area contributed by atoms with Crippen molar-refractivity contribution in [3.8, 4) is 0 Å². The average Bonchev–Trinajstić information content (AvgIpc) is 2.30. The molecule has 1 aliphatic rings. The summed E-state index contributed by atoms with van der Waals surface area (Å²) in [5.74, 6) is 0.635. The van der Waals surface area contributed by atoms with E-state index in [1.807, 2.05) is 0 Å². The van der Waals surface area contributed by atoms with Gasteiger partial charge in [-0.1, -0.05) is 6.92 Å². The molecule has 1 fully saturated rings. The van der Waals surface area contributed by atoms with E-state index in [9.17, 15) is 8.42 Å². The van der Waals surface area contributed by atoms with Crippen molar-refractivity contribution < 1.29 is 8.42 Å². The fourth-order valence-electron chi connectivity index (χ4n) is 2.62. The normalized spacial score (nSPS) is 24.5. The number of nitrogens with two attached hydrogens (primary N) is 2. The average molecular weight is 283 g/mol. The molecule has 0 aliphatic carbocycles. The minimum Gasteiger partial charge on any atom is -0.398 e. The van der Waals surface area contributed by atoms with E-state index in [0.29, 0.717) is 12.0 Å². The van der Waals surface area contributed by atoms with Gasteiger partial charge in [0.1, 0.15) is 4.90 Å². The van der Waals surface area contributed by atoms with Gasteiger partial charge in [0.25, 0.3) is 0 Å². The van der Waals surface area contributed by atoms with E-state index < -0.39 is 10.0 Å². The highest BCUT2D eigenvalue weighted by molar-refractivity contribution is 7.89. The monoisotopic (exact) mass is 283 g/mol. The van der Waals surface area contributed by atoms with Gasteiger partial charge in [-0.15, -0.1) is 0 Å². The van der Waals surface area contributed by atoms with Crippen LogP contribution in [-0.4, -0.2) is 21.0 Å². The number of anilines is 2. The quantitative estimate of drug-likeness (QED) is 0.806. The molecular formula is C13H21N3O2S. The molecule has 1 aromatic rings. The minimum atomic E-state index is -3.75. The highest BCUT2D eigenvalue weighted by Crippen LogP contribution is 2.30. The van der Waals surface area contributed by atoms with E-state index in [-0.39, 0.29) is 10.6 Å². The van der Waals surface area contributed by atoms with E-state index in [0.717, 1.165) is 18.7 Å². The summed E-state index contributed by atoms with van der Waals surface area (Å²) in [7, 11) is -3.75. The molecule has 5 nitrogen and oxygen atoms in total. The molecule has 1 aromatic carbocycles. The fraction of sp³-hybridized carbons (Fsp3) is 0.538. The zero-order valence-corrected chi connectivity index (χ0v) is 12.2. The number of nitrogen functional groups attached to an aromatic ring is 1. The van der Waals surface area contributed by atoms with Crippen molar-refractivity contribution in [3.63, 3.8) is 0 Å². The molecule has 0 amide bonds. The molecule has 0 radical (unpaired) electrons. The molecule has 0 bridgehead atoms. The number of sulfonamides is 1. The summed E-state index contributed by atoms with van der Waals surface area (Å²) >= 11 is 0. The van der Waals surface area contributed by atoms with Crippen molar-refractivity contribution in [2.24, 2.45) is 11.1 Å². The number of hydrogen-bond acceptors (Lipinski definition) is 4. The maximum atomic E-state index is 11.3. The van der Waals surface area contributed by atoms with Crippen LogP contribution in [0.1, 0.15) is 26.7 Å². The molecule has 0 spiro atoms. The Labute approximate surface area is 114 Å². The predicted octanol–water partition coefficient (Wildman–Crippen LogP) is 1.54. The zero-order chi connectivity index (χ0) is 14.2. The van der Waals surface area contributed by atoms with Crippen LogP contribution < -0.4 is 15.8 Å². The maximum absolute atomic E-state index is 11.3. The molecule has 0 saturated carbocycles. The van der Waals surface area contributed by atoms with Crippen LogP contribution >= 0.6 is 0 Å². The summed E-state index contributed by atoms with van der Waals surface area (Å²) in [6.07, 6.45) is 2.36. The standard InChI is InChI=1S/C13H21N3O2S/c1-9-3-4-10(2)16(8-9)11-5-6-13(12(14)7-11)19(15,17)18/h5-7,9-10H,3-4,8,14H2,1-2H3,(H2,15,17,18). The smallest absolute Gasteiger partial charge is 0.240 e. The minimum absolute atomic E-state index is 0.00559. The van der Waals surface area contributed by atoms with E-state index in [4.69, 9.17) is 10.9 Å². The van der Waals surface area contributed by atoms with Crippen LogP contribution in [0.4, 0.5) is 11.4 Å². The number of primary sulfonamides is 1. The molecular weight excluding hydrogens is 262 g/mol. The van der Waals surface area contributed by atoms with Gasteiger partial charge in [0.2, 0.25) is 10.0 Å². The molecule has 0 aromatic heterocycles. The third-order valence-electron chi connectivity index (χ3n) is 3.75. The van der Waals surface area contributed by atoms with Crippen LogP contribution in [0.15, 0.2) is 23.1 Å². The Hall–Kier alpha value is -1.27. The van der Waals surface area contributed by atoms with E-state index in [1.54, 1.807) is 12.1 Å². The number of piperidine rings is 1. The number of benzene rings is 1. The number of rotatable bonds is 2. The molecule has 4 N–H and O–H groups in total. The van der Waals surface area contributed by atoms with Gasteiger partial charge in [-0.2, -0.15) is 0 Å². The summed E-state index contributed by atoms with van der Waals surface area (Å²) in [5, 5.41) is 5.11. The highest BCUT2D eigenvalue weighted by Gasteiger charge is 2.24. The van der Waals surface area contributed by atoms with Gasteiger partial charge in [0.15, 0.2) is 0 Å². The Morgan fingerprint density at radius 1 is 1.26 bits per heavy atom. The molecule has 106 valence electrons. The Balaban J connectivity index is 2.34. The first-order valence-corrected chi connectivity index (χ1v) is 8.02. The molecule has 2 atom stereocenters. The fourth-order valence-corrected chi connectivity index (χ4v) is 3.27. The van der Waals surface area contributed by atoms with Crippen LogP contribution in [0.5, 0.6) is 0 Å². The van der Waals surface area contributed by atoms with Gasteiger partial charge in [-0.05, 0) is 43.9 Å². The molecule has 2 rings (SSSR count). The Morgan fingerprint density at radius 3 is 2.53 bits per heavy atom. The van der Waals surface area contributed by atoms with Gasteiger partial charge >= 0.3 is 0 Å². The summed E-state index contributed by atoms with van der Waals surface area (Å²) < 4.78 is 22.7. The molecule has 2 unspecified atom stereocenters. The second-order valence-electron chi connectivity index (χ2n) is 5.45. The van der Waals surface area contributed by atoms with Crippen LogP contribution in [0.25, 0.3) is 0 Å². The van der Waals surface area contributed by atoms with Crippen molar-refractivity contribution >= 4 is 21.4 Å². The van der Waals surface area contributed by atoms with Crippen LogP contribution in [0.3, 0.4) is 0 Å². The topological polar surface area (TPSA) is 89.4 Å². The summed E-state index contributed by atoms with van der Waals surface area (Å²) in [4.78, 5) is 2.27. The molecule has 6 heteroatoms. The van der Waals surface area contributed by atoms with Crippen molar-refractivity contribution in [2.45, 2.75) is 37.6 Å². The lowest BCUT2D eigenvalue weighted by Crippen LogP contribution is -2.41. The first-order valence-electron chi connectivity index (χ1n) is 6.48. The van der Waals surface area contributed by atoms with Crippen molar-refractivity contribution in [2.75, 3.05) is 17.2 Å². The molecule has 19 heavy (non-hydrogen) atoms. The third-order valence-corrected chi connectivity index (χ3v) is 4.73. The summed E-state index contributed by atoms with van der Waals surface area (Å²) in [6, 6.07) is 5.42. The summed E-state index contributed by atoms with van der Waals surface area (Å²) in [6.45, 7) is 5.37. The first-order chi connectivity index (χ1) is 8.79. The highest BCUT2D eigenvalue weighted by atomic mass is 32.2. The summed E-state index contributed by atoms with van der Waals surface area (Å²) in [5.41, 5.74) is 6.98. The Kier molecular flexibility index (Phi) is 3.73. The molecule has 1 saturated heterocycles. The van der Waals surface area contributed by atoms with Crippen molar-refractivity contribution in [1.82, 2.24) is 0 Å². The SMILES string of the molecule is CC1CCC(C)N(c2ccc(S(N)(=O)=O)c(N)c2)C1. The van der Waals surface area contributed by atoms with E-state index >= 15 is 0 Å². The molecule has 1 heterocycles. The van der Waals surface area contributed by atoms with Gasteiger partial charge in [0, 0.05) is 18.3 Å². The lowest BCUT2D eigenvalue weighted by atomic mass is 9.94. The number of nitrogens with zero attached hydrogens (tertiary/aromatic N) is 1. The zero-order valence-electron chi connectivity index (χ0n) is 11.3. The third kappa shape index (κ3) is 3.01. The van der Waals surface area contributed by atoms with Gasteiger partial charge in [-0.25, -0.2) is 13.6 Å². The van der Waals surface area contributed by atoms with E-state index in [2.05, 4.69) is 18.7 Å². The Bertz CT molecular complexity index is 571. The maximum Gasteiger partial charge on any atom is 0.240 e. The van der Waals surface area contributed by atoms with Crippen LogP contribution in [-0.2, 0) is 10.0 Å². The largest absolute Gasteiger partial charge is 0.398 e. The van der Waals surface area contributed by atoms with Gasteiger partial charge in [0.05, 0.1) is 5.69 Å². The second kappa shape index (κ2) is 5.02. The predicted molar refractivity (Wildman–Crippen MR) is 77.4 cm³/mol. The lowest BCUT2D eigenvalue weighted by molar-refractivity contribution is 0.390. The first kappa shape index (κ1) is 14.1.